The van der Waals surface area contributed by atoms with E-state index in [2.05, 4.69) is 0 Å². The number of aromatic nitrogens is 1. The van der Waals surface area contributed by atoms with Crippen molar-refractivity contribution in [2.24, 2.45) is 7.05 Å². The number of amides is 2. The fourth-order valence-corrected chi connectivity index (χ4v) is 4.62. The van der Waals surface area contributed by atoms with E-state index in [-0.39, 0.29) is 30.0 Å². The molecule has 1 aromatic heterocycles. The second-order valence-corrected chi connectivity index (χ2v) is 9.11. The van der Waals surface area contributed by atoms with Gasteiger partial charge in [0, 0.05) is 49.2 Å². The van der Waals surface area contributed by atoms with Crippen LogP contribution in [0.1, 0.15) is 25.8 Å². The summed E-state index contributed by atoms with van der Waals surface area (Å²) < 4.78 is 1.51. The normalized spacial score (nSPS) is 21.6. The van der Waals surface area contributed by atoms with Crippen molar-refractivity contribution < 1.29 is 9.59 Å². The number of pyridine rings is 1. The van der Waals surface area contributed by atoms with Gasteiger partial charge in [-0.15, -0.1) is 0 Å². The lowest BCUT2D eigenvalue weighted by atomic mass is 9.89. The Morgan fingerprint density at radius 2 is 1.81 bits per heavy atom. The highest BCUT2D eigenvalue weighted by molar-refractivity contribution is 6.30. The van der Waals surface area contributed by atoms with E-state index in [9.17, 15) is 14.4 Å². The number of carbonyl (C=O) groups is 2. The highest BCUT2D eigenvalue weighted by Crippen LogP contribution is 2.37. The minimum Gasteiger partial charge on any atom is -0.368 e. The zero-order valence-electron chi connectivity index (χ0n) is 18.0. The second kappa shape index (κ2) is 8.04. The van der Waals surface area contributed by atoms with Crippen molar-refractivity contribution in [3.05, 3.63) is 63.5 Å². The number of hydrogen-bond donors (Lipinski definition) is 0. The zero-order chi connectivity index (χ0) is 22.3. The topological polar surface area (TPSA) is 65.9 Å². The number of aryl methyl sites for hydroxylation is 1. The summed E-state index contributed by atoms with van der Waals surface area (Å²) in [5.74, 6) is -0.0866. The van der Waals surface area contributed by atoms with Crippen LogP contribution in [0.4, 0.5) is 5.69 Å². The van der Waals surface area contributed by atoms with Crippen LogP contribution in [0, 0.1) is 0 Å². The van der Waals surface area contributed by atoms with Gasteiger partial charge in [-0.1, -0.05) is 23.7 Å². The zero-order valence-corrected chi connectivity index (χ0v) is 18.8. The van der Waals surface area contributed by atoms with Gasteiger partial charge in [-0.3, -0.25) is 14.4 Å². The van der Waals surface area contributed by atoms with Crippen molar-refractivity contribution in [3.8, 4) is 0 Å². The molecule has 7 nitrogen and oxygen atoms in total. The van der Waals surface area contributed by atoms with Crippen LogP contribution in [0.3, 0.4) is 0 Å². The molecule has 3 heterocycles. The smallest absolute Gasteiger partial charge is 0.252 e. The molecule has 0 N–H and O–H groups in total. The van der Waals surface area contributed by atoms with E-state index < -0.39 is 5.54 Å². The summed E-state index contributed by atoms with van der Waals surface area (Å²) in [7, 11) is 1.70. The van der Waals surface area contributed by atoms with Crippen LogP contribution in [-0.4, -0.2) is 57.4 Å². The maximum absolute atomic E-state index is 13.7. The summed E-state index contributed by atoms with van der Waals surface area (Å²) in [5, 5.41) is 0.628. The predicted octanol–water partition coefficient (Wildman–Crippen LogP) is 2.27. The lowest BCUT2D eigenvalue weighted by molar-refractivity contribution is -0.166. The summed E-state index contributed by atoms with van der Waals surface area (Å²) in [5.41, 5.74) is 0.634. The Morgan fingerprint density at radius 3 is 2.45 bits per heavy atom. The molecule has 0 saturated carbocycles. The molecule has 1 aromatic carbocycles. The first-order valence-electron chi connectivity index (χ1n) is 10.5. The van der Waals surface area contributed by atoms with Crippen molar-refractivity contribution in [1.29, 1.82) is 0 Å². The van der Waals surface area contributed by atoms with Crippen LogP contribution in [0.15, 0.2) is 47.4 Å². The summed E-state index contributed by atoms with van der Waals surface area (Å²) >= 11 is 6.02. The molecule has 0 unspecified atom stereocenters. The Hall–Kier alpha value is -2.80. The fourth-order valence-electron chi connectivity index (χ4n) is 4.50. The number of nitrogens with zero attached hydrogens (tertiary/aromatic N) is 4. The molecular formula is C23H27ClN4O3. The summed E-state index contributed by atoms with van der Waals surface area (Å²) in [4.78, 5) is 44.6. The third-order valence-electron chi connectivity index (χ3n) is 6.36. The maximum atomic E-state index is 13.7. The summed E-state index contributed by atoms with van der Waals surface area (Å²) in [6.07, 6.45) is 2.24. The highest BCUT2D eigenvalue weighted by Gasteiger charge is 2.56. The third-order valence-corrected chi connectivity index (χ3v) is 6.61. The van der Waals surface area contributed by atoms with Gasteiger partial charge in [0.25, 0.3) is 11.5 Å². The van der Waals surface area contributed by atoms with Crippen LogP contribution in [0.2, 0.25) is 5.02 Å². The van der Waals surface area contributed by atoms with Crippen molar-refractivity contribution in [2.45, 2.75) is 38.4 Å². The van der Waals surface area contributed by atoms with E-state index in [1.54, 1.807) is 41.2 Å². The molecule has 0 radical (unpaired) electrons. The van der Waals surface area contributed by atoms with Crippen LogP contribution in [0.25, 0.3) is 0 Å². The van der Waals surface area contributed by atoms with Gasteiger partial charge in [-0.2, -0.15) is 0 Å². The molecule has 0 aliphatic carbocycles. The number of halogens is 1. The number of piperazine rings is 1. The first-order chi connectivity index (χ1) is 14.7. The van der Waals surface area contributed by atoms with Gasteiger partial charge < -0.3 is 19.3 Å². The van der Waals surface area contributed by atoms with Gasteiger partial charge in [-0.25, -0.2) is 0 Å². The quantitative estimate of drug-likeness (QED) is 0.728. The summed E-state index contributed by atoms with van der Waals surface area (Å²) in [6.45, 7) is 5.25. The van der Waals surface area contributed by atoms with E-state index in [1.807, 2.05) is 36.9 Å². The second-order valence-electron chi connectivity index (χ2n) is 8.67. The number of carbonyl (C=O) groups excluding carboxylic acids is 2. The minimum absolute atomic E-state index is 0.0256. The Kier molecular flexibility index (Phi) is 5.56. The SMILES string of the molecule is CC(C)N1CC(=O)N(Cc2ccc(Cl)cc2)[C@]2(CCN(c3ccn(C)c(=O)c3)C2)C1=O. The maximum Gasteiger partial charge on any atom is 0.252 e. The third kappa shape index (κ3) is 3.82. The first kappa shape index (κ1) is 21.4. The number of benzene rings is 1. The largest absolute Gasteiger partial charge is 0.368 e. The van der Waals surface area contributed by atoms with Crippen molar-refractivity contribution in [2.75, 3.05) is 24.5 Å². The Morgan fingerprint density at radius 1 is 1.10 bits per heavy atom. The van der Waals surface area contributed by atoms with Crippen LogP contribution < -0.4 is 10.5 Å². The molecule has 2 aliphatic heterocycles. The lowest BCUT2D eigenvalue weighted by Gasteiger charge is -2.48. The lowest BCUT2D eigenvalue weighted by Crippen LogP contribution is -2.69. The molecule has 8 heteroatoms. The number of hydrogen-bond acceptors (Lipinski definition) is 4. The van der Waals surface area contributed by atoms with Gasteiger partial charge in [0.15, 0.2) is 0 Å². The van der Waals surface area contributed by atoms with E-state index in [0.29, 0.717) is 31.1 Å². The van der Waals surface area contributed by atoms with Gasteiger partial charge in [0.2, 0.25) is 5.91 Å². The standard InChI is InChI=1S/C23H27ClN4O3/c1-16(2)27-14-21(30)28(13-17-4-6-18(24)7-5-17)23(22(27)31)9-11-26(15-23)19-8-10-25(3)20(29)12-19/h4-8,10,12,16H,9,11,13-15H2,1-3H3/t23-/m0/s1. The van der Waals surface area contributed by atoms with Gasteiger partial charge in [0.05, 0.1) is 6.54 Å². The fraction of sp³-hybridized carbons (Fsp3) is 0.435. The molecule has 31 heavy (non-hydrogen) atoms. The van der Waals surface area contributed by atoms with E-state index in [1.165, 1.54) is 4.57 Å². The molecule has 4 rings (SSSR count). The Balaban J connectivity index is 1.70. The number of anilines is 1. The van der Waals surface area contributed by atoms with Crippen molar-refractivity contribution in [1.82, 2.24) is 14.4 Å². The van der Waals surface area contributed by atoms with Crippen LogP contribution in [0.5, 0.6) is 0 Å². The van der Waals surface area contributed by atoms with E-state index >= 15 is 0 Å². The van der Waals surface area contributed by atoms with Crippen LogP contribution in [-0.2, 0) is 23.2 Å². The van der Waals surface area contributed by atoms with Gasteiger partial charge in [-0.05, 0) is 44.0 Å². The molecule has 2 fully saturated rings. The van der Waals surface area contributed by atoms with Crippen LogP contribution >= 0.6 is 11.6 Å². The molecule has 0 bridgehead atoms. The average molecular weight is 443 g/mol. The van der Waals surface area contributed by atoms with Crippen molar-refractivity contribution in [3.63, 3.8) is 0 Å². The Labute approximate surface area is 186 Å². The monoisotopic (exact) mass is 442 g/mol. The molecular weight excluding hydrogens is 416 g/mol. The van der Waals surface area contributed by atoms with Gasteiger partial charge in [0.1, 0.15) is 12.1 Å². The molecule has 2 aliphatic rings. The molecule has 2 aromatic rings. The molecule has 164 valence electrons. The van der Waals surface area contributed by atoms with E-state index in [0.717, 1.165) is 11.3 Å². The van der Waals surface area contributed by atoms with Gasteiger partial charge >= 0.3 is 0 Å². The molecule has 1 atom stereocenters. The van der Waals surface area contributed by atoms with Crippen molar-refractivity contribution >= 4 is 29.1 Å². The molecule has 2 saturated heterocycles. The average Bonchev–Trinajstić information content (AvgIpc) is 3.17. The first-order valence-corrected chi connectivity index (χ1v) is 10.9. The summed E-state index contributed by atoms with van der Waals surface area (Å²) in [6, 6.07) is 10.7. The minimum atomic E-state index is -0.958. The highest BCUT2D eigenvalue weighted by atomic mass is 35.5. The Bertz CT molecular complexity index is 1070. The van der Waals surface area contributed by atoms with E-state index in [4.69, 9.17) is 11.6 Å². The predicted molar refractivity (Wildman–Crippen MR) is 120 cm³/mol. The molecule has 2 amide bonds. The number of rotatable bonds is 4. The molecule has 1 spiro atoms.